The molecule has 0 aliphatic carbocycles. The molecule has 3 aromatic rings. The molecular formula is C22H26ClN5O. The average Bonchev–Trinajstić information content (AvgIpc) is 3.22. The Balaban J connectivity index is 1.64. The quantitative estimate of drug-likeness (QED) is 0.525. The second kappa shape index (κ2) is 9.58. The fourth-order valence-corrected chi connectivity index (χ4v) is 3.36. The normalized spacial score (nSPS) is 11.9. The van der Waals surface area contributed by atoms with Gasteiger partial charge in [0, 0.05) is 43.5 Å². The summed E-state index contributed by atoms with van der Waals surface area (Å²) in [6.45, 7) is 0.741. The third-order valence-electron chi connectivity index (χ3n) is 4.91. The van der Waals surface area contributed by atoms with E-state index in [0.29, 0.717) is 0 Å². The van der Waals surface area contributed by atoms with Crippen LogP contribution in [0.25, 0.3) is 11.1 Å². The molecular weight excluding hydrogens is 386 g/mol. The molecule has 1 atom stereocenters. The molecule has 6 nitrogen and oxygen atoms in total. The van der Waals surface area contributed by atoms with E-state index in [1.807, 2.05) is 66.6 Å². The molecule has 1 amide bonds. The number of nitrogens with two attached hydrogens (primary N) is 1. The molecule has 0 aliphatic heterocycles. The first kappa shape index (κ1) is 20.9. The Kier molecular flexibility index (Phi) is 6.90. The molecule has 0 aliphatic rings. The van der Waals surface area contributed by atoms with Gasteiger partial charge in [-0.15, -0.1) is 0 Å². The minimum Gasteiger partial charge on any atom is -0.386 e. The van der Waals surface area contributed by atoms with Crippen LogP contribution in [-0.2, 0) is 17.8 Å². The summed E-state index contributed by atoms with van der Waals surface area (Å²) in [4.78, 5) is 12.7. The highest BCUT2D eigenvalue weighted by molar-refractivity contribution is 6.30. The Morgan fingerprint density at radius 2 is 2.00 bits per heavy atom. The highest BCUT2D eigenvalue weighted by Gasteiger charge is 2.10. The van der Waals surface area contributed by atoms with Crippen molar-refractivity contribution in [3.05, 3.63) is 65.4 Å². The number of hydrogen-bond acceptors (Lipinski definition) is 4. The van der Waals surface area contributed by atoms with E-state index in [0.717, 1.165) is 53.3 Å². The molecule has 0 unspecified atom stereocenters. The highest BCUT2D eigenvalue weighted by atomic mass is 35.5. The number of carbonyl (C=O) groups is 1. The second-order valence-electron chi connectivity index (χ2n) is 7.07. The number of nitrogens with one attached hydrogen (secondary N) is 1. The lowest BCUT2D eigenvalue weighted by Crippen LogP contribution is -2.24. The zero-order valence-corrected chi connectivity index (χ0v) is 17.4. The fraction of sp³-hybridized carbons (Fsp3) is 0.273. The lowest BCUT2D eigenvalue weighted by atomic mass is 10.0. The molecule has 3 N–H and O–H groups in total. The van der Waals surface area contributed by atoms with Crippen molar-refractivity contribution in [3.63, 3.8) is 0 Å². The Hall–Kier alpha value is -2.83. The molecule has 7 heteroatoms. The molecule has 152 valence electrons. The van der Waals surface area contributed by atoms with E-state index in [2.05, 4.69) is 10.4 Å². The van der Waals surface area contributed by atoms with Crippen LogP contribution in [0.3, 0.4) is 0 Å². The fourth-order valence-electron chi connectivity index (χ4n) is 3.23. The number of hydrogen-bond donors (Lipinski definition) is 2. The van der Waals surface area contributed by atoms with E-state index in [1.165, 1.54) is 5.56 Å². The average molecular weight is 412 g/mol. The molecule has 29 heavy (non-hydrogen) atoms. The van der Waals surface area contributed by atoms with Crippen LogP contribution in [0.2, 0.25) is 5.02 Å². The van der Waals surface area contributed by atoms with Crippen molar-refractivity contribution in [2.75, 3.05) is 24.3 Å². The van der Waals surface area contributed by atoms with Crippen molar-refractivity contribution in [2.24, 2.45) is 5.73 Å². The van der Waals surface area contributed by atoms with Gasteiger partial charge in [-0.1, -0.05) is 29.8 Å². The van der Waals surface area contributed by atoms with Gasteiger partial charge in [-0.2, -0.15) is 5.10 Å². The molecule has 2 aromatic carbocycles. The minimum atomic E-state index is 0.0478. The van der Waals surface area contributed by atoms with Crippen LogP contribution in [0.1, 0.15) is 12.0 Å². The number of benzene rings is 2. The summed E-state index contributed by atoms with van der Waals surface area (Å²) < 4.78 is 1.91. The van der Waals surface area contributed by atoms with Crippen molar-refractivity contribution in [3.8, 4) is 11.1 Å². The standard InChI is InChI=1S/C22H26ClN5O/c1-25-21-8-5-17(12-22(21)27(2)15-29)18-13-26-28(14-18)10-9-20(24)11-16-3-6-19(23)7-4-16/h3-8,12-15,20,25H,9-11,24H2,1-2H3/t20-/m1/s1. The zero-order chi connectivity index (χ0) is 20.8. The van der Waals surface area contributed by atoms with E-state index in [4.69, 9.17) is 17.3 Å². The van der Waals surface area contributed by atoms with Gasteiger partial charge in [-0.3, -0.25) is 9.48 Å². The third kappa shape index (κ3) is 5.37. The number of halogens is 1. The van der Waals surface area contributed by atoms with Crippen LogP contribution < -0.4 is 16.0 Å². The summed E-state index contributed by atoms with van der Waals surface area (Å²) in [7, 11) is 3.57. The zero-order valence-electron chi connectivity index (χ0n) is 16.7. The summed E-state index contributed by atoms with van der Waals surface area (Å²) >= 11 is 5.93. The van der Waals surface area contributed by atoms with Crippen LogP contribution in [0.15, 0.2) is 54.9 Å². The summed E-state index contributed by atoms with van der Waals surface area (Å²) in [5, 5.41) is 8.31. The van der Waals surface area contributed by atoms with Gasteiger partial charge in [0.05, 0.1) is 17.6 Å². The van der Waals surface area contributed by atoms with E-state index >= 15 is 0 Å². The van der Waals surface area contributed by atoms with Gasteiger partial charge in [0.1, 0.15) is 0 Å². The maximum atomic E-state index is 11.2. The molecule has 0 saturated heterocycles. The van der Waals surface area contributed by atoms with Gasteiger partial charge in [0.15, 0.2) is 0 Å². The maximum Gasteiger partial charge on any atom is 0.213 e. The molecule has 1 heterocycles. The molecule has 0 bridgehead atoms. The van der Waals surface area contributed by atoms with Crippen molar-refractivity contribution in [1.29, 1.82) is 0 Å². The van der Waals surface area contributed by atoms with E-state index in [1.54, 1.807) is 11.9 Å². The Labute approximate surface area is 176 Å². The summed E-state index contributed by atoms with van der Waals surface area (Å²) in [5.74, 6) is 0. The number of carbonyl (C=O) groups excluding carboxylic acids is 1. The molecule has 0 spiro atoms. The number of nitrogens with zero attached hydrogens (tertiary/aromatic N) is 3. The first-order valence-corrected chi connectivity index (χ1v) is 9.90. The topological polar surface area (TPSA) is 76.2 Å². The minimum absolute atomic E-state index is 0.0478. The number of anilines is 2. The Bertz CT molecular complexity index is 954. The Morgan fingerprint density at radius 1 is 1.24 bits per heavy atom. The third-order valence-corrected chi connectivity index (χ3v) is 5.16. The lowest BCUT2D eigenvalue weighted by molar-refractivity contribution is -0.107. The van der Waals surface area contributed by atoms with E-state index in [-0.39, 0.29) is 6.04 Å². The van der Waals surface area contributed by atoms with Gasteiger partial charge in [-0.05, 0) is 48.2 Å². The van der Waals surface area contributed by atoms with E-state index in [9.17, 15) is 4.79 Å². The van der Waals surface area contributed by atoms with Crippen LogP contribution in [0.5, 0.6) is 0 Å². The van der Waals surface area contributed by atoms with Crippen LogP contribution in [0.4, 0.5) is 11.4 Å². The second-order valence-corrected chi connectivity index (χ2v) is 7.51. The van der Waals surface area contributed by atoms with E-state index < -0.39 is 0 Å². The lowest BCUT2D eigenvalue weighted by Gasteiger charge is -2.16. The molecule has 1 aromatic heterocycles. The van der Waals surface area contributed by atoms with Crippen LogP contribution >= 0.6 is 11.6 Å². The van der Waals surface area contributed by atoms with Crippen LogP contribution in [0, 0.1) is 0 Å². The molecule has 0 radical (unpaired) electrons. The first-order valence-electron chi connectivity index (χ1n) is 9.53. The molecule has 0 fully saturated rings. The summed E-state index contributed by atoms with van der Waals surface area (Å²) in [5.41, 5.74) is 11.2. The predicted molar refractivity (Wildman–Crippen MR) is 119 cm³/mol. The van der Waals surface area contributed by atoms with Crippen molar-refractivity contribution in [1.82, 2.24) is 9.78 Å². The monoisotopic (exact) mass is 411 g/mol. The summed E-state index contributed by atoms with van der Waals surface area (Å²) in [6, 6.07) is 13.8. The van der Waals surface area contributed by atoms with Gasteiger partial charge >= 0.3 is 0 Å². The SMILES string of the molecule is CNc1ccc(-c2cnn(CC[C@@H](N)Cc3ccc(Cl)cc3)c2)cc1N(C)C=O. The maximum absolute atomic E-state index is 11.2. The Morgan fingerprint density at radius 3 is 2.69 bits per heavy atom. The first-order chi connectivity index (χ1) is 14.0. The number of aryl methyl sites for hydroxylation is 1. The summed E-state index contributed by atoms with van der Waals surface area (Å²) in [6.07, 6.45) is 6.27. The molecule has 3 rings (SSSR count). The van der Waals surface area contributed by atoms with Gasteiger partial charge in [0.2, 0.25) is 6.41 Å². The largest absolute Gasteiger partial charge is 0.386 e. The van der Waals surface area contributed by atoms with Gasteiger partial charge < -0.3 is 16.0 Å². The number of rotatable bonds is 9. The predicted octanol–water partition coefficient (Wildman–Crippen LogP) is 3.80. The smallest absolute Gasteiger partial charge is 0.213 e. The van der Waals surface area contributed by atoms with Gasteiger partial charge in [0.25, 0.3) is 0 Å². The van der Waals surface area contributed by atoms with Crippen molar-refractivity contribution in [2.45, 2.75) is 25.4 Å². The molecule has 0 saturated carbocycles. The number of amides is 1. The van der Waals surface area contributed by atoms with Gasteiger partial charge in [-0.25, -0.2) is 0 Å². The van der Waals surface area contributed by atoms with Crippen molar-refractivity contribution < 1.29 is 4.79 Å². The number of aromatic nitrogens is 2. The van der Waals surface area contributed by atoms with Crippen LogP contribution in [-0.4, -0.2) is 36.3 Å². The highest BCUT2D eigenvalue weighted by Crippen LogP contribution is 2.30. The van der Waals surface area contributed by atoms with Crippen molar-refractivity contribution >= 4 is 29.4 Å².